The number of carbonyl (C=O) groups excluding carboxylic acids is 2. The molecule has 0 fully saturated rings. The fraction of sp³-hybridized carbons (Fsp3) is 0.100. The summed E-state index contributed by atoms with van der Waals surface area (Å²) in [6, 6.07) is 15.0. The van der Waals surface area contributed by atoms with Crippen molar-refractivity contribution < 1.29 is 18.7 Å². The molecule has 3 rings (SSSR count). The van der Waals surface area contributed by atoms with Crippen LogP contribution in [0.1, 0.15) is 10.4 Å². The van der Waals surface area contributed by atoms with Gasteiger partial charge in [0.25, 0.3) is 5.91 Å². The molecule has 3 aromatic rings. The first-order valence-corrected chi connectivity index (χ1v) is 8.85. The molecule has 0 bridgehead atoms. The van der Waals surface area contributed by atoms with Crippen LogP contribution in [0.15, 0.2) is 71.5 Å². The number of rotatable bonds is 7. The second-order valence-electron chi connectivity index (χ2n) is 5.73. The Bertz CT molecular complexity index is 927. The maximum Gasteiger partial charge on any atom is 0.319 e. The van der Waals surface area contributed by atoms with Crippen LogP contribution in [-0.4, -0.2) is 25.1 Å². The Balaban J connectivity index is 1.43. The number of urea groups is 1. The zero-order chi connectivity index (χ0) is 19.8. The first-order valence-electron chi connectivity index (χ1n) is 8.47. The Labute approximate surface area is 166 Å². The van der Waals surface area contributed by atoms with Crippen molar-refractivity contribution in [1.29, 1.82) is 0 Å². The lowest BCUT2D eigenvalue weighted by atomic mass is 10.2. The molecule has 1 aromatic heterocycles. The molecule has 8 heteroatoms. The number of nitrogens with one attached hydrogen (secondary N) is 3. The number of anilines is 2. The van der Waals surface area contributed by atoms with E-state index in [4.69, 9.17) is 20.8 Å². The Morgan fingerprint density at radius 1 is 1.00 bits per heavy atom. The molecule has 3 amide bonds. The van der Waals surface area contributed by atoms with Gasteiger partial charge in [0.15, 0.2) is 0 Å². The molecule has 0 spiro atoms. The van der Waals surface area contributed by atoms with Crippen LogP contribution < -0.4 is 20.7 Å². The summed E-state index contributed by atoms with van der Waals surface area (Å²) in [6.07, 6.45) is 2.78. The molecule has 2 aromatic carbocycles. The molecule has 0 aliphatic heterocycles. The summed E-state index contributed by atoms with van der Waals surface area (Å²) in [5.74, 6) is 0.377. The number of furan rings is 1. The monoisotopic (exact) mass is 399 g/mol. The molecular weight excluding hydrogens is 382 g/mol. The van der Waals surface area contributed by atoms with Crippen molar-refractivity contribution in [3.05, 3.63) is 77.7 Å². The smallest absolute Gasteiger partial charge is 0.319 e. The Morgan fingerprint density at radius 3 is 2.46 bits per heavy atom. The molecule has 0 aliphatic rings. The van der Waals surface area contributed by atoms with Gasteiger partial charge in [0, 0.05) is 16.4 Å². The molecule has 0 unspecified atom stereocenters. The SMILES string of the molecule is O=C(NCCOc1ccc(Cl)cc1)Nc1cccc(NC(=O)c2ccoc2)c1. The number of hydrogen-bond acceptors (Lipinski definition) is 4. The largest absolute Gasteiger partial charge is 0.492 e. The molecule has 0 radical (unpaired) electrons. The predicted octanol–water partition coefficient (Wildman–Crippen LogP) is 4.39. The number of halogens is 1. The maximum absolute atomic E-state index is 12.0. The van der Waals surface area contributed by atoms with Gasteiger partial charge in [0.2, 0.25) is 0 Å². The van der Waals surface area contributed by atoms with Crippen LogP contribution in [0.25, 0.3) is 0 Å². The fourth-order valence-corrected chi connectivity index (χ4v) is 2.44. The van der Waals surface area contributed by atoms with E-state index in [1.54, 1.807) is 54.6 Å². The Kier molecular flexibility index (Phi) is 6.54. The van der Waals surface area contributed by atoms with Gasteiger partial charge < -0.3 is 25.1 Å². The van der Waals surface area contributed by atoms with E-state index >= 15 is 0 Å². The number of ether oxygens (including phenoxy) is 1. The molecule has 28 heavy (non-hydrogen) atoms. The van der Waals surface area contributed by atoms with Gasteiger partial charge in [0.1, 0.15) is 18.6 Å². The molecule has 7 nitrogen and oxygen atoms in total. The van der Waals surface area contributed by atoms with Gasteiger partial charge in [0.05, 0.1) is 18.4 Å². The van der Waals surface area contributed by atoms with Gasteiger partial charge in [-0.3, -0.25) is 4.79 Å². The van der Waals surface area contributed by atoms with Crippen LogP contribution in [0, 0.1) is 0 Å². The molecule has 3 N–H and O–H groups in total. The number of carbonyl (C=O) groups is 2. The van der Waals surface area contributed by atoms with E-state index in [0.29, 0.717) is 40.9 Å². The Morgan fingerprint density at radius 2 is 1.75 bits per heavy atom. The standard InChI is InChI=1S/C20H18ClN3O4/c21-15-4-6-18(7-5-15)28-11-9-22-20(26)24-17-3-1-2-16(12-17)23-19(25)14-8-10-27-13-14/h1-8,10,12-13H,9,11H2,(H,23,25)(H2,22,24,26). The van der Waals surface area contributed by atoms with Crippen molar-refractivity contribution >= 4 is 34.9 Å². The third-order valence-corrected chi connectivity index (χ3v) is 3.88. The highest BCUT2D eigenvalue weighted by Crippen LogP contribution is 2.17. The topological polar surface area (TPSA) is 92.6 Å². The highest BCUT2D eigenvalue weighted by atomic mass is 35.5. The van der Waals surface area contributed by atoms with Gasteiger partial charge in [-0.05, 0) is 48.5 Å². The average Bonchev–Trinajstić information content (AvgIpc) is 3.22. The summed E-state index contributed by atoms with van der Waals surface area (Å²) in [7, 11) is 0. The van der Waals surface area contributed by atoms with E-state index in [1.165, 1.54) is 12.5 Å². The van der Waals surface area contributed by atoms with Crippen LogP contribution in [0.2, 0.25) is 5.02 Å². The molecular formula is C20H18ClN3O4. The van der Waals surface area contributed by atoms with Crippen LogP contribution in [0.3, 0.4) is 0 Å². The third-order valence-electron chi connectivity index (χ3n) is 3.63. The van der Waals surface area contributed by atoms with Crippen molar-refractivity contribution in [2.75, 3.05) is 23.8 Å². The maximum atomic E-state index is 12.0. The second-order valence-corrected chi connectivity index (χ2v) is 6.17. The summed E-state index contributed by atoms with van der Waals surface area (Å²) in [4.78, 5) is 24.0. The lowest BCUT2D eigenvalue weighted by Crippen LogP contribution is -2.32. The molecule has 144 valence electrons. The van der Waals surface area contributed by atoms with E-state index in [1.807, 2.05) is 0 Å². The minimum absolute atomic E-state index is 0.297. The number of amides is 3. The van der Waals surface area contributed by atoms with Crippen molar-refractivity contribution in [3.8, 4) is 5.75 Å². The van der Waals surface area contributed by atoms with Crippen LogP contribution in [-0.2, 0) is 0 Å². The normalized spacial score (nSPS) is 10.2. The number of hydrogen-bond donors (Lipinski definition) is 3. The summed E-state index contributed by atoms with van der Waals surface area (Å²) < 4.78 is 10.4. The van der Waals surface area contributed by atoms with Crippen LogP contribution in [0.5, 0.6) is 5.75 Å². The molecule has 1 heterocycles. The van der Waals surface area contributed by atoms with Crippen LogP contribution >= 0.6 is 11.6 Å². The minimum atomic E-state index is -0.377. The molecule has 0 aliphatic carbocycles. The average molecular weight is 400 g/mol. The summed E-state index contributed by atoms with van der Waals surface area (Å²) in [5.41, 5.74) is 1.51. The van der Waals surface area contributed by atoms with Crippen molar-refractivity contribution in [2.45, 2.75) is 0 Å². The van der Waals surface area contributed by atoms with E-state index < -0.39 is 0 Å². The third kappa shape index (κ3) is 5.78. The van der Waals surface area contributed by atoms with Gasteiger partial charge in [-0.15, -0.1) is 0 Å². The van der Waals surface area contributed by atoms with Crippen LogP contribution in [0.4, 0.5) is 16.2 Å². The van der Waals surface area contributed by atoms with Gasteiger partial charge >= 0.3 is 6.03 Å². The number of benzene rings is 2. The summed E-state index contributed by atoms with van der Waals surface area (Å²) in [5, 5.41) is 8.76. The van der Waals surface area contributed by atoms with E-state index in [2.05, 4.69) is 16.0 Å². The lowest BCUT2D eigenvalue weighted by Gasteiger charge is -2.10. The van der Waals surface area contributed by atoms with E-state index in [0.717, 1.165) is 0 Å². The first-order chi connectivity index (χ1) is 13.6. The zero-order valence-corrected chi connectivity index (χ0v) is 15.5. The lowest BCUT2D eigenvalue weighted by molar-refractivity contribution is 0.102. The molecule has 0 saturated heterocycles. The van der Waals surface area contributed by atoms with Crippen molar-refractivity contribution in [1.82, 2.24) is 5.32 Å². The van der Waals surface area contributed by atoms with Gasteiger partial charge in [-0.2, -0.15) is 0 Å². The highest BCUT2D eigenvalue weighted by Gasteiger charge is 2.08. The van der Waals surface area contributed by atoms with E-state index in [9.17, 15) is 9.59 Å². The second kappa shape index (κ2) is 9.48. The van der Waals surface area contributed by atoms with Crippen molar-refractivity contribution in [2.24, 2.45) is 0 Å². The first kappa shape index (κ1) is 19.3. The predicted molar refractivity (Wildman–Crippen MR) is 107 cm³/mol. The molecule has 0 saturated carbocycles. The minimum Gasteiger partial charge on any atom is -0.492 e. The summed E-state index contributed by atoms with van der Waals surface area (Å²) in [6.45, 7) is 0.640. The molecule has 0 atom stereocenters. The fourth-order valence-electron chi connectivity index (χ4n) is 2.31. The van der Waals surface area contributed by atoms with Crippen molar-refractivity contribution in [3.63, 3.8) is 0 Å². The van der Waals surface area contributed by atoms with Gasteiger partial charge in [-0.25, -0.2) is 4.79 Å². The highest BCUT2D eigenvalue weighted by molar-refractivity contribution is 6.30. The van der Waals surface area contributed by atoms with E-state index in [-0.39, 0.29) is 11.9 Å². The summed E-state index contributed by atoms with van der Waals surface area (Å²) >= 11 is 5.81. The van der Waals surface area contributed by atoms with Gasteiger partial charge in [-0.1, -0.05) is 17.7 Å². The quantitative estimate of drug-likeness (QED) is 0.514. The Hall–Kier alpha value is -3.45. The zero-order valence-electron chi connectivity index (χ0n) is 14.8.